The molecule has 0 saturated carbocycles. The fraction of sp³-hybridized carbons (Fsp3) is 0.267. The Labute approximate surface area is 155 Å². The molecule has 0 saturated heterocycles. The molecule has 0 spiro atoms. The number of thiazole rings is 1. The van der Waals surface area contributed by atoms with E-state index in [1.165, 1.54) is 41.7 Å². The number of nitrogens with zero attached hydrogens (tertiary/aromatic N) is 3. The van der Waals surface area contributed by atoms with Gasteiger partial charge in [0.1, 0.15) is 16.8 Å². The number of halogens is 2. The van der Waals surface area contributed by atoms with E-state index in [1.54, 1.807) is 3.97 Å². The van der Waals surface area contributed by atoms with Gasteiger partial charge in [0.2, 0.25) is 0 Å². The molecule has 132 valence electrons. The fourth-order valence-electron chi connectivity index (χ4n) is 2.11. The van der Waals surface area contributed by atoms with Crippen LogP contribution in [-0.2, 0) is 5.75 Å². The number of hydrogen-bond donors (Lipinski definition) is 2. The summed E-state index contributed by atoms with van der Waals surface area (Å²) in [6.07, 6.45) is 1.40. The van der Waals surface area contributed by atoms with Crippen LogP contribution in [0.1, 0.15) is 12.5 Å². The number of fused-ring (bicyclic) bond motifs is 1. The predicted octanol–water partition coefficient (Wildman–Crippen LogP) is 3.99. The van der Waals surface area contributed by atoms with Crippen LogP contribution in [0.4, 0.5) is 14.6 Å². The molecule has 0 radical (unpaired) electrons. The first-order valence-corrected chi connectivity index (χ1v) is 9.48. The second-order valence-corrected chi connectivity index (χ2v) is 7.81. The van der Waals surface area contributed by atoms with Crippen LogP contribution in [0.25, 0.3) is 10.3 Å². The first-order valence-electron chi connectivity index (χ1n) is 7.31. The lowest BCUT2D eigenvalue weighted by Crippen LogP contribution is -2.20. The van der Waals surface area contributed by atoms with Gasteiger partial charge >= 0.3 is 0 Å². The molecule has 0 fully saturated rings. The van der Waals surface area contributed by atoms with Crippen molar-refractivity contribution in [2.75, 3.05) is 11.9 Å². The van der Waals surface area contributed by atoms with Gasteiger partial charge in [-0.05, 0) is 37.2 Å². The topological polar surface area (TPSA) is 63.0 Å². The number of aliphatic hydroxyl groups is 1. The third-order valence-electron chi connectivity index (χ3n) is 3.37. The summed E-state index contributed by atoms with van der Waals surface area (Å²) in [6, 6.07) is 3.92. The Hall–Kier alpha value is -1.62. The lowest BCUT2D eigenvalue weighted by atomic mass is 10.2. The SMILES string of the molecule is C[C@H](CO)Nc1ncnc2c1sc(=S)n2SCc1cccc(F)c1F. The minimum Gasteiger partial charge on any atom is -0.394 e. The van der Waals surface area contributed by atoms with Gasteiger partial charge in [0.05, 0.1) is 6.61 Å². The van der Waals surface area contributed by atoms with Crippen molar-refractivity contribution >= 4 is 51.7 Å². The smallest absolute Gasteiger partial charge is 0.173 e. The largest absolute Gasteiger partial charge is 0.394 e. The highest BCUT2D eigenvalue weighted by molar-refractivity contribution is 7.97. The Bertz CT molecular complexity index is 960. The second-order valence-electron chi connectivity index (χ2n) is 5.25. The maximum absolute atomic E-state index is 13.8. The quantitative estimate of drug-likeness (QED) is 0.610. The Morgan fingerprint density at radius 2 is 2.20 bits per heavy atom. The van der Waals surface area contributed by atoms with E-state index in [-0.39, 0.29) is 24.0 Å². The van der Waals surface area contributed by atoms with E-state index in [0.29, 0.717) is 15.4 Å². The van der Waals surface area contributed by atoms with Crippen molar-refractivity contribution in [2.24, 2.45) is 0 Å². The molecule has 3 rings (SSSR count). The number of aliphatic hydroxyl groups excluding tert-OH is 1. The molecule has 0 aliphatic carbocycles. The summed E-state index contributed by atoms with van der Waals surface area (Å²) in [5.41, 5.74) is 0.854. The van der Waals surface area contributed by atoms with Crippen molar-refractivity contribution in [3.8, 4) is 0 Å². The van der Waals surface area contributed by atoms with Gasteiger partial charge in [0.15, 0.2) is 21.2 Å². The van der Waals surface area contributed by atoms with Crippen LogP contribution >= 0.6 is 35.5 Å². The normalized spacial score (nSPS) is 12.5. The average molecular weight is 401 g/mol. The van der Waals surface area contributed by atoms with E-state index in [2.05, 4.69) is 15.3 Å². The van der Waals surface area contributed by atoms with Gasteiger partial charge < -0.3 is 10.4 Å². The molecule has 1 aromatic carbocycles. The lowest BCUT2D eigenvalue weighted by molar-refractivity contribution is 0.281. The maximum atomic E-state index is 13.8. The summed E-state index contributed by atoms with van der Waals surface area (Å²) < 4.78 is 30.1. The molecular formula is C15H14F2N4OS3. The van der Waals surface area contributed by atoms with Crippen molar-refractivity contribution in [1.29, 1.82) is 0 Å². The molecule has 0 aliphatic rings. The van der Waals surface area contributed by atoms with Crippen LogP contribution in [0, 0.1) is 15.6 Å². The van der Waals surface area contributed by atoms with Crippen molar-refractivity contribution in [2.45, 2.75) is 18.7 Å². The molecule has 2 N–H and O–H groups in total. The third kappa shape index (κ3) is 3.81. The summed E-state index contributed by atoms with van der Waals surface area (Å²) in [4.78, 5) is 8.44. The zero-order chi connectivity index (χ0) is 18.0. The molecular weight excluding hydrogens is 386 g/mol. The van der Waals surface area contributed by atoms with Gasteiger partial charge in [-0.2, -0.15) is 0 Å². The van der Waals surface area contributed by atoms with Gasteiger partial charge in [-0.15, -0.1) is 0 Å². The summed E-state index contributed by atoms with van der Waals surface area (Å²) in [7, 11) is 0. The van der Waals surface area contributed by atoms with Crippen molar-refractivity contribution < 1.29 is 13.9 Å². The number of anilines is 1. The lowest BCUT2D eigenvalue weighted by Gasteiger charge is -2.11. The summed E-state index contributed by atoms with van der Waals surface area (Å²) in [5, 5.41) is 12.3. The maximum Gasteiger partial charge on any atom is 0.173 e. The van der Waals surface area contributed by atoms with Gasteiger partial charge in [-0.3, -0.25) is 0 Å². The molecule has 0 bridgehead atoms. The standard InChI is InChI=1S/C15H14F2N4OS3/c1-8(5-22)20-13-12-14(19-7-18-13)21(15(23)25-12)24-6-9-3-2-4-10(16)11(9)17/h2-4,7-8,22H,5-6H2,1H3,(H,18,19,20)/t8-/m1/s1. The third-order valence-corrected chi connectivity index (χ3v) is 6.03. The van der Waals surface area contributed by atoms with Gasteiger partial charge in [-0.25, -0.2) is 22.7 Å². The zero-order valence-corrected chi connectivity index (χ0v) is 15.5. The molecule has 1 atom stereocenters. The number of benzene rings is 1. The molecule has 2 aromatic heterocycles. The van der Waals surface area contributed by atoms with Crippen LogP contribution in [0.15, 0.2) is 24.5 Å². The summed E-state index contributed by atoms with van der Waals surface area (Å²) in [5.74, 6) is -0.929. The van der Waals surface area contributed by atoms with E-state index in [1.807, 2.05) is 6.92 Å². The molecule has 10 heteroatoms. The van der Waals surface area contributed by atoms with Gasteiger partial charge in [0.25, 0.3) is 0 Å². The average Bonchev–Trinajstić information content (AvgIpc) is 2.92. The van der Waals surface area contributed by atoms with Crippen LogP contribution in [-0.4, -0.2) is 31.7 Å². The first-order chi connectivity index (χ1) is 12.0. The van der Waals surface area contributed by atoms with E-state index < -0.39 is 11.6 Å². The molecule has 5 nitrogen and oxygen atoms in total. The Morgan fingerprint density at radius 3 is 2.96 bits per heavy atom. The van der Waals surface area contributed by atoms with Crippen LogP contribution in [0.3, 0.4) is 0 Å². The van der Waals surface area contributed by atoms with Gasteiger partial charge in [-0.1, -0.05) is 23.5 Å². The second kappa shape index (κ2) is 7.73. The Morgan fingerprint density at radius 1 is 1.40 bits per heavy atom. The van der Waals surface area contributed by atoms with Crippen molar-refractivity contribution in [1.82, 2.24) is 13.9 Å². The van der Waals surface area contributed by atoms with Crippen molar-refractivity contribution in [3.63, 3.8) is 0 Å². The van der Waals surface area contributed by atoms with Crippen molar-refractivity contribution in [3.05, 3.63) is 45.7 Å². The number of rotatable bonds is 6. The molecule has 3 aromatic rings. The number of hydrogen-bond acceptors (Lipinski definition) is 7. The monoisotopic (exact) mass is 400 g/mol. The number of aromatic nitrogens is 3. The first kappa shape index (κ1) is 18.2. The Balaban J connectivity index is 1.92. The fourth-order valence-corrected chi connectivity index (χ4v) is 4.58. The highest BCUT2D eigenvalue weighted by atomic mass is 32.2. The minimum atomic E-state index is -0.872. The molecule has 2 heterocycles. The van der Waals surface area contributed by atoms with Crippen LogP contribution in [0.2, 0.25) is 0 Å². The minimum absolute atomic E-state index is 0.0365. The molecule has 0 unspecified atom stereocenters. The van der Waals surface area contributed by atoms with Crippen LogP contribution in [0.5, 0.6) is 0 Å². The molecule has 25 heavy (non-hydrogen) atoms. The molecule has 0 amide bonds. The van der Waals surface area contributed by atoms with Gasteiger partial charge in [0, 0.05) is 17.4 Å². The number of nitrogens with one attached hydrogen (secondary N) is 1. The highest BCUT2D eigenvalue weighted by Crippen LogP contribution is 2.32. The van der Waals surface area contributed by atoms with E-state index in [9.17, 15) is 13.9 Å². The van der Waals surface area contributed by atoms with E-state index in [4.69, 9.17) is 12.2 Å². The van der Waals surface area contributed by atoms with E-state index >= 15 is 0 Å². The summed E-state index contributed by atoms with van der Waals surface area (Å²) >= 11 is 7.94. The highest BCUT2D eigenvalue weighted by Gasteiger charge is 2.15. The van der Waals surface area contributed by atoms with Crippen LogP contribution < -0.4 is 5.32 Å². The Kier molecular flexibility index (Phi) is 5.62. The zero-order valence-electron chi connectivity index (χ0n) is 13.1. The summed E-state index contributed by atoms with van der Waals surface area (Å²) in [6.45, 7) is 1.79. The van der Waals surface area contributed by atoms with E-state index in [0.717, 1.165) is 10.8 Å². The predicted molar refractivity (Wildman–Crippen MR) is 99.5 cm³/mol. The molecule has 0 aliphatic heterocycles.